The summed E-state index contributed by atoms with van der Waals surface area (Å²) >= 11 is 0. The van der Waals surface area contributed by atoms with Gasteiger partial charge >= 0.3 is 5.97 Å². The molecule has 0 aliphatic heterocycles. The number of nitrogens with zero attached hydrogens (tertiary/aromatic N) is 1. The minimum Gasteiger partial charge on any atom is -0.507 e. The van der Waals surface area contributed by atoms with E-state index in [1.54, 1.807) is 12.3 Å². The molecule has 0 aliphatic rings. The molecular weight excluding hydrogens is 206 g/mol. The summed E-state index contributed by atoms with van der Waals surface area (Å²) < 4.78 is 1.85. The van der Waals surface area contributed by atoms with Crippen molar-refractivity contribution in [3.8, 4) is 5.75 Å². The summed E-state index contributed by atoms with van der Waals surface area (Å²) in [6.45, 7) is 3.93. The molecule has 0 radical (unpaired) electrons. The van der Waals surface area contributed by atoms with Crippen molar-refractivity contribution in [2.24, 2.45) is 0 Å². The van der Waals surface area contributed by atoms with Crippen molar-refractivity contribution in [1.29, 1.82) is 0 Å². The van der Waals surface area contributed by atoms with E-state index in [9.17, 15) is 9.90 Å². The zero-order valence-electron chi connectivity index (χ0n) is 9.14. The zero-order chi connectivity index (χ0) is 11.9. The van der Waals surface area contributed by atoms with Gasteiger partial charge in [-0.3, -0.25) is 0 Å². The van der Waals surface area contributed by atoms with E-state index in [1.807, 2.05) is 24.5 Å². The monoisotopic (exact) mass is 219 g/mol. The molecule has 84 valence electrons. The minimum absolute atomic E-state index is 0.00861. The molecule has 16 heavy (non-hydrogen) atoms. The van der Waals surface area contributed by atoms with Crippen LogP contribution >= 0.6 is 0 Å². The van der Waals surface area contributed by atoms with Crippen LogP contribution in [0.3, 0.4) is 0 Å². The van der Waals surface area contributed by atoms with Crippen LogP contribution in [-0.2, 0) is 0 Å². The van der Waals surface area contributed by atoms with Gasteiger partial charge in [-0.2, -0.15) is 0 Å². The molecule has 0 atom stereocenters. The van der Waals surface area contributed by atoms with E-state index in [4.69, 9.17) is 5.11 Å². The van der Waals surface area contributed by atoms with Crippen LogP contribution in [0.5, 0.6) is 5.75 Å². The van der Waals surface area contributed by atoms with Gasteiger partial charge in [0, 0.05) is 12.2 Å². The minimum atomic E-state index is -1.02. The van der Waals surface area contributed by atoms with Gasteiger partial charge in [0.25, 0.3) is 0 Å². The number of aromatic carboxylic acids is 1. The summed E-state index contributed by atoms with van der Waals surface area (Å²) in [6.07, 6.45) is 1.57. The average Bonchev–Trinajstić information content (AvgIpc) is 2.58. The molecule has 0 saturated carbocycles. The molecule has 0 amide bonds. The summed E-state index contributed by atoms with van der Waals surface area (Å²) in [7, 11) is 0. The third kappa shape index (κ3) is 1.43. The molecule has 2 N–H and O–H groups in total. The fourth-order valence-electron chi connectivity index (χ4n) is 1.88. The van der Waals surface area contributed by atoms with Gasteiger partial charge in [0.05, 0.1) is 16.5 Å². The molecule has 0 spiro atoms. The Hall–Kier alpha value is -1.97. The smallest absolute Gasteiger partial charge is 0.338 e. The van der Waals surface area contributed by atoms with Crippen LogP contribution in [0.1, 0.15) is 30.2 Å². The molecule has 2 rings (SSSR count). The predicted octanol–water partition coefficient (Wildman–Crippen LogP) is 2.63. The van der Waals surface area contributed by atoms with Crippen LogP contribution in [0.2, 0.25) is 0 Å². The first-order chi connectivity index (χ1) is 7.52. The van der Waals surface area contributed by atoms with Gasteiger partial charge in [-0.25, -0.2) is 4.79 Å². The molecule has 1 heterocycles. The standard InChI is InChI=1S/C12H13NO3/c1-7(2)13-6-8(12(15)16)11-9(13)4-3-5-10(11)14/h3-7,14H,1-2H3,(H,15,16). The number of benzene rings is 1. The van der Waals surface area contributed by atoms with Crippen molar-refractivity contribution >= 4 is 16.9 Å². The van der Waals surface area contributed by atoms with Gasteiger partial charge in [-0.05, 0) is 26.0 Å². The van der Waals surface area contributed by atoms with Crippen molar-refractivity contribution in [3.05, 3.63) is 30.0 Å². The Balaban J connectivity index is 2.87. The Bertz CT molecular complexity index is 555. The maximum atomic E-state index is 11.1. The summed E-state index contributed by atoms with van der Waals surface area (Å²) in [4.78, 5) is 11.1. The number of carboxylic acids is 1. The third-order valence-electron chi connectivity index (χ3n) is 2.62. The van der Waals surface area contributed by atoms with E-state index < -0.39 is 5.97 Å². The lowest BCUT2D eigenvalue weighted by Crippen LogP contribution is -1.98. The maximum absolute atomic E-state index is 11.1. The zero-order valence-corrected chi connectivity index (χ0v) is 9.14. The van der Waals surface area contributed by atoms with Crippen LogP contribution in [0.4, 0.5) is 0 Å². The van der Waals surface area contributed by atoms with Crippen LogP contribution in [-0.4, -0.2) is 20.7 Å². The number of rotatable bonds is 2. The quantitative estimate of drug-likeness (QED) is 0.816. The lowest BCUT2D eigenvalue weighted by Gasteiger charge is -2.08. The Labute approximate surface area is 92.7 Å². The summed E-state index contributed by atoms with van der Waals surface area (Å²) in [5.41, 5.74) is 0.884. The number of carboxylic acid groups (broad SMARTS) is 1. The van der Waals surface area contributed by atoms with E-state index in [-0.39, 0.29) is 17.4 Å². The summed E-state index contributed by atoms with van der Waals surface area (Å²) in [5, 5.41) is 19.2. The van der Waals surface area contributed by atoms with E-state index in [0.29, 0.717) is 5.39 Å². The topological polar surface area (TPSA) is 62.5 Å². The molecule has 2 aromatic rings. The molecule has 4 nitrogen and oxygen atoms in total. The van der Waals surface area contributed by atoms with Crippen molar-refractivity contribution < 1.29 is 15.0 Å². The summed E-state index contributed by atoms with van der Waals surface area (Å²) in [5.74, 6) is -1.01. The molecule has 1 aromatic heterocycles. The lowest BCUT2D eigenvalue weighted by atomic mass is 10.1. The second kappa shape index (κ2) is 3.56. The van der Waals surface area contributed by atoms with E-state index >= 15 is 0 Å². The molecular formula is C12H13NO3. The highest BCUT2D eigenvalue weighted by Crippen LogP contribution is 2.31. The van der Waals surface area contributed by atoms with Gasteiger partial charge in [0.15, 0.2) is 0 Å². The number of phenolic OH excluding ortho intramolecular Hbond substituents is 1. The fraction of sp³-hybridized carbons (Fsp3) is 0.250. The molecule has 0 bridgehead atoms. The van der Waals surface area contributed by atoms with Crippen LogP contribution in [0.15, 0.2) is 24.4 Å². The molecule has 0 unspecified atom stereocenters. The number of aromatic hydroxyl groups is 1. The Morgan fingerprint density at radius 2 is 2.06 bits per heavy atom. The number of hydrogen-bond acceptors (Lipinski definition) is 2. The van der Waals surface area contributed by atoms with Gasteiger partial charge in [-0.15, -0.1) is 0 Å². The molecule has 1 aromatic carbocycles. The highest BCUT2D eigenvalue weighted by Gasteiger charge is 2.17. The van der Waals surface area contributed by atoms with Gasteiger partial charge < -0.3 is 14.8 Å². The number of carbonyl (C=O) groups is 1. The second-order valence-electron chi connectivity index (χ2n) is 4.02. The van der Waals surface area contributed by atoms with Crippen molar-refractivity contribution in [2.75, 3.05) is 0 Å². The Morgan fingerprint density at radius 3 is 2.62 bits per heavy atom. The first-order valence-corrected chi connectivity index (χ1v) is 5.08. The van der Waals surface area contributed by atoms with E-state index in [0.717, 1.165) is 5.52 Å². The van der Waals surface area contributed by atoms with E-state index in [2.05, 4.69) is 0 Å². The first kappa shape index (κ1) is 10.5. The molecule has 0 saturated heterocycles. The largest absolute Gasteiger partial charge is 0.507 e. The van der Waals surface area contributed by atoms with Gasteiger partial charge in [0.2, 0.25) is 0 Å². The van der Waals surface area contributed by atoms with Crippen molar-refractivity contribution in [2.45, 2.75) is 19.9 Å². The average molecular weight is 219 g/mol. The number of aromatic nitrogens is 1. The van der Waals surface area contributed by atoms with Gasteiger partial charge in [-0.1, -0.05) is 6.07 Å². The maximum Gasteiger partial charge on any atom is 0.338 e. The summed E-state index contributed by atoms with van der Waals surface area (Å²) in [6, 6.07) is 5.17. The number of phenols is 1. The predicted molar refractivity (Wildman–Crippen MR) is 60.9 cm³/mol. The van der Waals surface area contributed by atoms with Crippen molar-refractivity contribution in [3.63, 3.8) is 0 Å². The van der Waals surface area contributed by atoms with Crippen LogP contribution < -0.4 is 0 Å². The Morgan fingerprint density at radius 1 is 1.38 bits per heavy atom. The van der Waals surface area contributed by atoms with Crippen molar-refractivity contribution in [1.82, 2.24) is 4.57 Å². The number of hydrogen-bond donors (Lipinski definition) is 2. The van der Waals surface area contributed by atoms with Gasteiger partial charge in [0.1, 0.15) is 5.75 Å². The molecule has 4 heteroatoms. The van der Waals surface area contributed by atoms with Crippen LogP contribution in [0, 0.1) is 0 Å². The highest BCUT2D eigenvalue weighted by molar-refractivity contribution is 6.06. The SMILES string of the molecule is CC(C)n1cc(C(=O)O)c2c(O)cccc21. The third-order valence-corrected chi connectivity index (χ3v) is 2.62. The first-order valence-electron chi connectivity index (χ1n) is 5.08. The normalized spacial score (nSPS) is 11.2. The lowest BCUT2D eigenvalue weighted by molar-refractivity contribution is 0.0698. The fourth-order valence-corrected chi connectivity index (χ4v) is 1.88. The van der Waals surface area contributed by atoms with Crippen LogP contribution in [0.25, 0.3) is 10.9 Å². The second-order valence-corrected chi connectivity index (χ2v) is 4.02. The molecule has 0 aliphatic carbocycles. The highest BCUT2D eigenvalue weighted by atomic mass is 16.4. The number of fused-ring (bicyclic) bond motifs is 1. The van der Waals surface area contributed by atoms with E-state index in [1.165, 1.54) is 6.07 Å². The molecule has 0 fully saturated rings. The Kier molecular flexibility index (Phi) is 2.34.